The zero-order chi connectivity index (χ0) is 15.2. The molecular weight excluding hydrogens is 334 g/mol. The van der Waals surface area contributed by atoms with E-state index in [0.717, 1.165) is 23.1 Å². The summed E-state index contributed by atoms with van der Waals surface area (Å²) in [6.07, 6.45) is 0.988. The summed E-state index contributed by atoms with van der Waals surface area (Å²) >= 11 is 3.51. The van der Waals surface area contributed by atoms with Gasteiger partial charge in [0.15, 0.2) is 0 Å². The number of methoxy groups -OCH3 is 1. The predicted octanol–water partition coefficient (Wildman–Crippen LogP) is 3.52. The molecule has 7 heteroatoms. The van der Waals surface area contributed by atoms with E-state index in [1.165, 1.54) is 12.7 Å². The lowest BCUT2D eigenvalue weighted by Crippen LogP contribution is -2.09. The lowest BCUT2D eigenvalue weighted by molar-refractivity contribution is 0.379. The zero-order valence-electron chi connectivity index (χ0n) is 12.3. The number of nitrogens with zero attached hydrogens (tertiary/aromatic N) is 3. The van der Waals surface area contributed by atoms with Gasteiger partial charge < -0.3 is 15.4 Å². The van der Waals surface area contributed by atoms with Gasteiger partial charge in [0, 0.05) is 16.7 Å². The first-order chi connectivity index (χ1) is 10.1. The third-order valence-corrected chi connectivity index (χ3v) is 3.61. The molecule has 0 amide bonds. The van der Waals surface area contributed by atoms with Crippen molar-refractivity contribution in [3.63, 3.8) is 0 Å². The van der Waals surface area contributed by atoms with Crippen LogP contribution in [-0.4, -0.2) is 28.6 Å². The number of anilines is 3. The summed E-state index contributed by atoms with van der Waals surface area (Å²) in [7, 11) is 1.53. The lowest BCUT2D eigenvalue weighted by Gasteiger charge is -2.10. The van der Waals surface area contributed by atoms with Crippen LogP contribution in [-0.2, 0) is 0 Å². The van der Waals surface area contributed by atoms with Crippen LogP contribution in [0.3, 0.4) is 0 Å². The van der Waals surface area contributed by atoms with Crippen molar-refractivity contribution >= 4 is 33.5 Å². The Labute approximate surface area is 132 Å². The van der Waals surface area contributed by atoms with Gasteiger partial charge in [-0.05, 0) is 31.0 Å². The summed E-state index contributed by atoms with van der Waals surface area (Å²) in [6, 6.07) is 6.23. The molecule has 2 N–H and O–H groups in total. The van der Waals surface area contributed by atoms with Gasteiger partial charge >= 0.3 is 6.01 Å². The molecule has 1 aromatic carbocycles. The smallest absolute Gasteiger partial charge is 0.322 e. The van der Waals surface area contributed by atoms with Gasteiger partial charge in [0.25, 0.3) is 0 Å². The van der Waals surface area contributed by atoms with Crippen LogP contribution in [0.2, 0.25) is 0 Å². The standard InChI is InChI=1S/C14H18BrN5O/c1-4-7-16-12-18-13(20-14(19-12)21-3)17-10-6-5-9(2)11(15)8-10/h5-6,8H,4,7H2,1-3H3,(H2,16,17,18,19,20). The second kappa shape index (κ2) is 7.21. The quantitative estimate of drug-likeness (QED) is 0.829. The van der Waals surface area contributed by atoms with Gasteiger partial charge in [0.1, 0.15) is 0 Å². The molecule has 0 saturated carbocycles. The number of benzene rings is 1. The van der Waals surface area contributed by atoms with Crippen LogP contribution in [0.5, 0.6) is 6.01 Å². The van der Waals surface area contributed by atoms with Crippen molar-refractivity contribution < 1.29 is 4.74 Å². The molecule has 0 bridgehead atoms. The highest BCUT2D eigenvalue weighted by molar-refractivity contribution is 9.10. The van der Waals surface area contributed by atoms with Crippen LogP contribution < -0.4 is 15.4 Å². The average Bonchev–Trinajstić information content (AvgIpc) is 2.48. The van der Waals surface area contributed by atoms with Crippen molar-refractivity contribution in [2.75, 3.05) is 24.3 Å². The van der Waals surface area contributed by atoms with Gasteiger partial charge in [-0.15, -0.1) is 0 Å². The van der Waals surface area contributed by atoms with Crippen LogP contribution in [0.15, 0.2) is 22.7 Å². The number of ether oxygens (including phenoxy) is 1. The van der Waals surface area contributed by atoms with Crippen molar-refractivity contribution in [1.29, 1.82) is 0 Å². The molecule has 0 saturated heterocycles. The maximum atomic E-state index is 5.10. The molecule has 2 aromatic rings. The van der Waals surface area contributed by atoms with Gasteiger partial charge in [-0.25, -0.2) is 0 Å². The number of hydrogen-bond donors (Lipinski definition) is 2. The van der Waals surface area contributed by atoms with Crippen molar-refractivity contribution in [3.05, 3.63) is 28.2 Å². The molecule has 0 aliphatic heterocycles. The monoisotopic (exact) mass is 351 g/mol. The maximum absolute atomic E-state index is 5.10. The van der Waals surface area contributed by atoms with E-state index in [2.05, 4.69) is 48.4 Å². The van der Waals surface area contributed by atoms with E-state index in [4.69, 9.17) is 4.74 Å². The van der Waals surface area contributed by atoms with Crippen LogP contribution in [0.4, 0.5) is 17.6 Å². The van der Waals surface area contributed by atoms with Crippen molar-refractivity contribution in [2.45, 2.75) is 20.3 Å². The van der Waals surface area contributed by atoms with E-state index in [1.54, 1.807) is 0 Å². The number of aromatic nitrogens is 3. The van der Waals surface area contributed by atoms with E-state index < -0.39 is 0 Å². The van der Waals surface area contributed by atoms with Gasteiger partial charge in [0.2, 0.25) is 11.9 Å². The van der Waals surface area contributed by atoms with Gasteiger partial charge in [-0.1, -0.05) is 28.9 Å². The Hall–Kier alpha value is -1.89. The van der Waals surface area contributed by atoms with Crippen LogP contribution in [0.25, 0.3) is 0 Å². The Morgan fingerprint density at radius 2 is 1.95 bits per heavy atom. The fourth-order valence-corrected chi connectivity index (χ4v) is 2.00. The molecule has 112 valence electrons. The van der Waals surface area contributed by atoms with Crippen molar-refractivity contribution in [3.8, 4) is 6.01 Å². The SMILES string of the molecule is CCCNc1nc(Nc2ccc(C)c(Br)c2)nc(OC)n1. The second-order valence-electron chi connectivity index (χ2n) is 4.49. The van der Waals surface area contributed by atoms with E-state index in [9.17, 15) is 0 Å². The molecule has 2 rings (SSSR count). The Kier molecular flexibility index (Phi) is 5.32. The Morgan fingerprint density at radius 3 is 2.62 bits per heavy atom. The Bertz CT molecular complexity index is 620. The highest BCUT2D eigenvalue weighted by Crippen LogP contribution is 2.23. The van der Waals surface area contributed by atoms with E-state index in [0.29, 0.717) is 11.9 Å². The predicted molar refractivity (Wildman–Crippen MR) is 87.3 cm³/mol. The molecule has 6 nitrogen and oxygen atoms in total. The molecule has 0 unspecified atom stereocenters. The van der Waals surface area contributed by atoms with E-state index >= 15 is 0 Å². The Morgan fingerprint density at radius 1 is 1.19 bits per heavy atom. The molecule has 1 aromatic heterocycles. The van der Waals surface area contributed by atoms with E-state index in [-0.39, 0.29) is 6.01 Å². The summed E-state index contributed by atoms with van der Waals surface area (Å²) < 4.78 is 6.13. The average molecular weight is 352 g/mol. The number of rotatable bonds is 6. The first-order valence-electron chi connectivity index (χ1n) is 6.69. The first-order valence-corrected chi connectivity index (χ1v) is 7.48. The molecule has 1 heterocycles. The number of aryl methyl sites for hydroxylation is 1. The third-order valence-electron chi connectivity index (χ3n) is 2.76. The molecular formula is C14H18BrN5O. The molecule has 0 atom stereocenters. The summed E-state index contributed by atoms with van der Waals surface area (Å²) in [5.41, 5.74) is 2.06. The summed E-state index contributed by atoms with van der Waals surface area (Å²) in [5.74, 6) is 0.939. The van der Waals surface area contributed by atoms with Crippen LogP contribution in [0, 0.1) is 6.92 Å². The zero-order valence-corrected chi connectivity index (χ0v) is 13.9. The maximum Gasteiger partial charge on any atom is 0.322 e. The molecule has 0 aliphatic carbocycles. The normalized spacial score (nSPS) is 10.3. The number of hydrogen-bond acceptors (Lipinski definition) is 6. The third kappa shape index (κ3) is 4.29. The van der Waals surface area contributed by atoms with Gasteiger partial charge in [-0.2, -0.15) is 15.0 Å². The minimum atomic E-state index is 0.275. The summed E-state index contributed by atoms with van der Waals surface area (Å²) in [6.45, 7) is 4.91. The molecule has 0 radical (unpaired) electrons. The van der Waals surface area contributed by atoms with Crippen molar-refractivity contribution in [1.82, 2.24) is 15.0 Å². The Balaban J connectivity index is 2.23. The second-order valence-corrected chi connectivity index (χ2v) is 5.34. The largest absolute Gasteiger partial charge is 0.467 e. The lowest BCUT2D eigenvalue weighted by atomic mass is 10.2. The minimum Gasteiger partial charge on any atom is -0.467 e. The topological polar surface area (TPSA) is 72.0 Å². The first kappa shape index (κ1) is 15.5. The molecule has 0 spiro atoms. The summed E-state index contributed by atoms with van der Waals surface area (Å²) in [4.78, 5) is 12.7. The minimum absolute atomic E-state index is 0.275. The number of nitrogens with one attached hydrogen (secondary N) is 2. The van der Waals surface area contributed by atoms with Crippen LogP contribution in [0.1, 0.15) is 18.9 Å². The summed E-state index contributed by atoms with van der Waals surface area (Å²) in [5, 5.41) is 6.28. The fraction of sp³-hybridized carbons (Fsp3) is 0.357. The molecule has 21 heavy (non-hydrogen) atoms. The van der Waals surface area contributed by atoms with Crippen LogP contribution >= 0.6 is 15.9 Å². The highest BCUT2D eigenvalue weighted by atomic mass is 79.9. The fourth-order valence-electron chi connectivity index (χ4n) is 1.62. The van der Waals surface area contributed by atoms with Crippen molar-refractivity contribution in [2.24, 2.45) is 0 Å². The van der Waals surface area contributed by atoms with Gasteiger partial charge in [-0.3, -0.25) is 0 Å². The molecule has 0 fully saturated rings. The number of halogens is 1. The van der Waals surface area contributed by atoms with E-state index in [1.807, 2.05) is 25.1 Å². The molecule has 0 aliphatic rings. The highest BCUT2D eigenvalue weighted by Gasteiger charge is 2.07. The van der Waals surface area contributed by atoms with Gasteiger partial charge in [0.05, 0.1) is 7.11 Å².